The van der Waals surface area contributed by atoms with Crippen LogP contribution >= 0.6 is 0 Å². The van der Waals surface area contributed by atoms with E-state index in [0.717, 1.165) is 5.82 Å². The zero-order chi connectivity index (χ0) is 7.40. The van der Waals surface area contributed by atoms with Crippen LogP contribution in [0.3, 0.4) is 0 Å². The summed E-state index contributed by atoms with van der Waals surface area (Å²) in [4.78, 5) is 13.6. The summed E-state index contributed by atoms with van der Waals surface area (Å²) in [6.07, 6.45) is 3.80. The molecule has 0 aliphatic heterocycles. The first kappa shape index (κ1) is 6.60. The summed E-state index contributed by atoms with van der Waals surface area (Å²) in [6, 6.07) is 0. The first-order valence-electron chi connectivity index (χ1n) is 2.76. The molecule has 1 amide bonds. The van der Waals surface area contributed by atoms with E-state index in [1.165, 1.54) is 0 Å². The van der Waals surface area contributed by atoms with E-state index in [4.69, 9.17) is 0 Å². The number of carbonyl (C=O) groups excluding carboxylic acids is 1. The van der Waals surface area contributed by atoms with Crippen LogP contribution in [0.2, 0.25) is 0 Å². The van der Waals surface area contributed by atoms with Gasteiger partial charge in [-0.2, -0.15) is 0 Å². The number of hydrogen-bond donors (Lipinski definition) is 2. The van der Waals surface area contributed by atoms with Gasteiger partial charge in [-0.05, 0) is 0 Å². The number of hydrogen-bond acceptors (Lipinski definition) is 3. The molecular weight excluding hydrogens is 132 g/mol. The predicted molar refractivity (Wildman–Crippen MR) is 36.0 cm³/mol. The monoisotopic (exact) mass is 140 g/mol. The Morgan fingerprint density at radius 1 is 1.80 bits per heavy atom. The number of imidazole rings is 1. The van der Waals surface area contributed by atoms with Gasteiger partial charge >= 0.3 is 0 Å². The predicted octanol–water partition coefficient (Wildman–Crippen LogP) is -0.507. The second kappa shape index (κ2) is 2.86. The molecule has 1 rings (SSSR count). The van der Waals surface area contributed by atoms with Crippen molar-refractivity contribution in [3.63, 3.8) is 0 Å². The second-order valence-electron chi connectivity index (χ2n) is 1.78. The number of aryl methyl sites for hydroxylation is 1. The van der Waals surface area contributed by atoms with Crippen LogP contribution in [0, 0.1) is 0 Å². The third-order valence-corrected chi connectivity index (χ3v) is 1.08. The van der Waals surface area contributed by atoms with Crippen LogP contribution in [-0.4, -0.2) is 16.0 Å². The van der Waals surface area contributed by atoms with Gasteiger partial charge in [-0.25, -0.2) is 4.98 Å². The molecule has 1 aromatic rings. The smallest absolute Gasteiger partial charge is 0.225 e. The summed E-state index contributed by atoms with van der Waals surface area (Å²) in [5.41, 5.74) is 4.93. The summed E-state index contributed by atoms with van der Waals surface area (Å²) in [5, 5.41) is 0. The van der Waals surface area contributed by atoms with Gasteiger partial charge in [0.05, 0.1) is 12.5 Å². The molecule has 0 fully saturated rings. The Balaban J connectivity index is 2.56. The van der Waals surface area contributed by atoms with Gasteiger partial charge in [0.25, 0.3) is 0 Å². The topological polar surface area (TPSA) is 59.0 Å². The minimum Gasteiger partial charge on any atom is -0.319 e. The maximum Gasteiger partial charge on any atom is 0.225 e. The molecule has 0 aliphatic carbocycles. The molecule has 0 radical (unpaired) electrons. The van der Waals surface area contributed by atoms with Gasteiger partial charge < -0.3 is 4.57 Å². The van der Waals surface area contributed by atoms with E-state index < -0.39 is 0 Å². The Kier molecular flexibility index (Phi) is 1.89. The number of anilines is 1. The normalized spacial score (nSPS) is 8.90. The van der Waals surface area contributed by atoms with Gasteiger partial charge in [0.15, 0.2) is 0 Å². The quantitative estimate of drug-likeness (QED) is 0.439. The van der Waals surface area contributed by atoms with E-state index in [1.54, 1.807) is 17.1 Å². The SMILES string of the molecule is Cn1cncc1NNC=O. The molecule has 0 saturated carbocycles. The van der Waals surface area contributed by atoms with Gasteiger partial charge in [-0.1, -0.05) is 0 Å². The van der Waals surface area contributed by atoms with E-state index in [0.29, 0.717) is 6.41 Å². The molecule has 5 heteroatoms. The number of rotatable bonds is 3. The van der Waals surface area contributed by atoms with Gasteiger partial charge in [-0.3, -0.25) is 15.6 Å². The zero-order valence-electron chi connectivity index (χ0n) is 5.53. The van der Waals surface area contributed by atoms with Crippen molar-refractivity contribution in [1.29, 1.82) is 0 Å². The van der Waals surface area contributed by atoms with Gasteiger partial charge in [0.1, 0.15) is 5.82 Å². The Morgan fingerprint density at radius 2 is 2.60 bits per heavy atom. The zero-order valence-corrected chi connectivity index (χ0v) is 5.53. The summed E-state index contributed by atoms with van der Waals surface area (Å²) < 4.78 is 1.75. The molecule has 0 unspecified atom stereocenters. The third kappa shape index (κ3) is 1.25. The minimum atomic E-state index is 0.562. The summed E-state index contributed by atoms with van der Waals surface area (Å²) in [5.74, 6) is 0.743. The van der Waals surface area contributed by atoms with Crippen LogP contribution in [-0.2, 0) is 11.8 Å². The van der Waals surface area contributed by atoms with Crippen LogP contribution in [0.5, 0.6) is 0 Å². The summed E-state index contributed by atoms with van der Waals surface area (Å²) in [7, 11) is 1.82. The highest BCUT2D eigenvalue weighted by molar-refractivity contribution is 5.50. The van der Waals surface area contributed by atoms with Crippen molar-refractivity contribution in [3.8, 4) is 0 Å². The van der Waals surface area contributed by atoms with E-state index in [1.807, 2.05) is 7.05 Å². The van der Waals surface area contributed by atoms with Crippen LogP contribution < -0.4 is 10.9 Å². The van der Waals surface area contributed by atoms with Crippen LogP contribution in [0.25, 0.3) is 0 Å². The van der Waals surface area contributed by atoms with Crippen molar-refractivity contribution < 1.29 is 4.79 Å². The van der Waals surface area contributed by atoms with Gasteiger partial charge in [0, 0.05) is 7.05 Å². The van der Waals surface area contributed by atoms with Crippen molar-refractivity contribution in [2.45, 2.75) is 0 Å². The lowest BCUT2D eigenvalue weighted by atomic mass is 10.7. The Hall–Kier alpha value is -1.52. The van der Waals surface area contributed by atoms with E-state index in [-0.39, 0.29) is 0 Å². The molecule has 2 N–H and O–H groups in total. The third-order valence-electron chi connectivity index (χ3n) is 1.08. The van der Waals surface area contributed by atoms with Crippen molar-refractivity contribution >= 4 is 12.2 Å². The fraction of sp³-hybridized carbons (Fsp3) is 0.200. The maximum absolute atomic E-state index is 9.81. The first-order valence-corrected chi connectivity index (χ1v) is 2.76. The van der Waals surface area contributed by atoms with Crippen molar-refractivity contribution in [3.05, 3.63) is 12.5 Å². The number of aromatic nitrogens is 2. The van der Waals surface area contributed by atoms with Crippen molar-refractivity contribution in [2.75, 3.05) is 5.43 Å². The average Bonchev–Trinajstić information content (AvgIpc) is 2.31. The molecule has 5 nitrogen and oxygen atoms in total. The highest BCUT2D eigenvalue weighted by atomic mass is 16.1. The molecule has 0 spiro atoms. The van der Waals surface area contributed by atoms with E-state index in [9.17, 15) is 4.79 Å². The molecule has 0 bridgehead atoms. The van der Waals surface area contributed by atoms with Crippen LogP contribution in [0.15, 0.2) is 12.5 Å². The molecular formula is C5H8N4O. The molecule has 0 saturated heterocycles. The molecule has 1 aromatic heterocycles. The fourth-order valence-electron chi connectivity index (χ4n) is 0.581. The minimum absolute atomic E-state index is 0.562. The second-order valence-corrected chi connectivity index (χ2v) is 1.78. The summed E-state index contributed by atoms with van der Waals surface area (Å²) >= 11 is 0. The lowest BCUT2D eigenvalue weighted by Crippen LogP contribution is -2.20. The average molecular weight is 140 g/mol. The molecule has 54 valence electrons. The number of carbonyl (C=O) groups is 1. The molecule has 0 atom stereocenters. The van der Waals surface area contributed by atoms with Crippen LogP contribution in [0.1, 0.15) is 0 Å². The number of nitrogens with one attached hydrogen (secondary N) is 2. The molecule has 10 heavy (non-hydrogen) atoms. The fourth-order valence-corrected chi connectivity index (χ4v) is 0.581. The highest BCUT2D eigenvalue weighted by Crippen LogP contribution is 1.99. The maximum atomic E-state index is 9.81. The number of hydrazine groups is 1. The summed E-state index contributed by atoms with van der Waals surface area (Å²) in [6.45, 7) is 0. The molecule has 0 aliphatic rings. The Bertz CT molecular complexity index is 219. The largest absolute Gasteiger partial charge is 0.319 e. The standard InChI is InChI=1S/C5H8N4O/c1-9-3-6-2-5(9)8-7-4-10/h2-4,8H,1H3,(H,7,10). The van der Waals surface area contributed by atoms with E-state index >= 15 is 0 Å². The Morgan fingerprint density at radius 3 is 3.10 bits per heavy atom. The number of amides is 1. The first-order chi connectivity index (χ1) is 4.84. The van der Waals surface area contributed by atoms with Crippen molar-refractivity contribution in [1.82, 2.24) is 15.0 Å². The lowest BCUT2D eigenvalue weighted by molar-refractivity contribution is -0.109. The van der Waals surface area contributed by atoms with Crippen LogP contribution in [0.4, 0.5) is 5.82 Å². The number of nitrogens with zero attached hydrogens (tertiary/aromatic N) is 2. The van der Waals surface area contributed by atoms with Gasteiger partial charge in [-0.15, -0.1) is 0 Å². The van der Waals surface area contributed by atoms with Crippen molar-refractivity contribution in [2.24, 2.45) is 7.05 Å². The highest BCUT2D eigenvalue weighted by Gasteiger charge is 1.92. The van der Waals surface area contributed by atoms with E-state index in [2.05, 4.69) is 15.8 Å². The Labute approximate surface area is 58.0 Å². The molecule has 1 heterocycles. The lowest BCUT2D eigenvalue weighted by Gasteiger charge is -2.01. The molecule has 0 aromatic carbocycles. The van der Waals surface area contributed by atoms with Gasteiger partial charge in [0.2, 0.25) is 6.41 Å².